The average Bonchev–Trinajstić information content (AvgIpc) is 2.55. The average molecular weight is 298 g/mol. The Kier molecular flexibility index (Phi) is 4.21. The maximum Gasteiger partial charge on any atom is 0.433 e. The first kappa shape index (κ1) is 13.7. The summed E-state index contributed by atoms with van der Waals surface area (Å²) in [6.45, 7) is 1.37. The van der Waals surface area contributed by atoms with Crippen LogP contribution in [0.5, 0.6) is 0 Å². The van der Waals surface area contributed by atoms with E-state index in [2.05, 4.69) is 9.97 Å². The van der Waals surface area contributed by atoms with E-state index in [1.165, 1.54) is 0 Å². The molecule has 2 heterocycles. The normalized spacial score (nSPS) is 17.7. The van der Waals surface area contributed by atoms with Gasteiger partial charge in [0.1, 0.15) is 5.82 Å². The third kappa shape index (κ3) is 3.41. The molecule has 0 atom stereocenters. The first-order chi connectivity index (χ1) is 8.47. The van der Waals surface area contributed by atoms with E-state index in [0.29, 0.717) is 13.1 Å². The summed E-state index contributed by atoms with van der Waals surface area (Å²) in [6.07, 6.45) is -3.57. The van der Waals surface area contributed by atoms with E-state index in [4.69, 9.17) is 11.6 Å². The van der Waals surface area contributed by atoms with Gasteiger partial charge in [0.25, 0.3) is 0 Å². The first-order valence-electron chi connectivity index (χ1n) is 5.41. The molecule has 0 radical (unpaired) electrons. The predicted molar refractivity (Wildman–Crippen MR) is 66.2 cm³/mol. The van der Waals surface area contributed by atoms with E-state index in [-0.39, 0.29) is 11.1 Å². The molecule has 0 saturated carbocycles. The molecule has 1 aromatic heterocycles. The molecule has 18 heavy (non-hydrogen) atoms. The van der Waals surface area contributed by atoms with Crippen LogP contribution in [0.25, 0.3) is 0 Å². The highest BCUT2D eigenvalue weighted by molar-refractivity contribution is 7.99. The lowest BCUT2D eigenvalue weighted by molar-refractivity contribution is -0.141. The lowest BCUT2D eigenvalue weighted by Gasteiger charge is -2.21. The smallest absolute Gasteiger partial charge is 0.356 e. The summed E-state index contributed by atoms with van der Waals surface area (Å²) < 4.78 is 37.9. The Hall–Kier alpha value is -0.690. The highest BCUT2D eigenvalue weighted by Gasteiger charge is 2.34. The van der Waals surface area contributed by atoms with Crippen molar-refractivity contribution in [1.82, 2.24) is 9.97 Å². The quantitative estimate of drug-likeness (QED) is 0.745. The summed E-state index contributed by atoms with van der Waals surface area (Å²) in [5.74, 6) is 2.15. The van der Waals surface area contributed by atoms with Gasteiger partial charge in [-0.1, -0.05) is 0 Å². The number of hydrogen-bond donors (Lipinski definition) is 0. The predicted octanol–water partition coefficient (Wildman–Crippen LogP) is 3.09. The van der Waals surface area contributed by atoms with Crippen LogP contribution in [0, 0.1) is 0 Å². The SMILES string of the molecule is FC(F)(F)c1cc(N2CCCSCC2)nc(Cl)n1. The second-order valence-electron chi connectivity index (χ2n) is 3.83. The summed E-state index contributed by atoms with van der Waals surface area (Å²) in [4.78, 5) is 8.93. The van der Waals surface area contributed by atoms with Crippen LogP contribution in [0.2, 0.25) is 5.28 Å². The van der Waals surface area contributed by atoms with Gasteiger partial charge in [0.05, 0.1) is 0 Å². The van der Waals surface area contributed by atoms with Crippen molar-refractivity contribution in [2.75, 3.05) is 29.5 Å². The topological polar surface area (TPSA) is 29.0 Å². The standard InChI is InChI=1S/C10H11ClF3N3S/c11-9-15-7(10(12,13)14)6-8(16-9)17-2-1-4-18-5-3-17/h6H,1-5H2. The third-order valence-corrected chi connectivity index (χ3v) is 3.74. The van der Waals surface area contributed by atoms with E-state index in [1.807, 2.05) is 4.90 Å². The number of hydrogen-bond acceptors (Lipinski definition) is 4. The summed E-state index contributed by atoms with van der Waals surface area (Å²) in [5, 5.41) is -0.364. The van der Waals surface area contributed by atoms with Gasteiger partial charge in [-0.05, 0) is 23.8 Å². The molecule has 0 unspecified atom stereocenters. The van der Waals surface area contributed by atoms with Crippen molar-refractivity contribution in [3.05, 3.63) is 17.0 Å². The van der Waals surface area contributed by atoms with Gasteiger partial charge in [-0.3, -0.25) is 0 Å². The number of alkyl halides is 3. The van der Waals surface area contributed by atoms with Crippen LogP contribution in [0.15, 0.2) is 6.07 Å². The van der Waals surface area contributed by atoms with Gasteiger partial charge < -0.3 is 4.90 Å². The molecule has 100 valence electrons. The summed E-state index contributed by atoms with van der Waals surface area (Å²) in [6, 6.07) is 0.960. The monoisotopic (exact) mass is 297 g/mol. The van der Waals surface area contributed by atoms with Crippen molar-refractivity contribution in [2.45, 2.75) is 12.6 Å². The Labute approximate surface area is 112 Å². The van der Waals surface area contributed by atoms with E-state index in [1.54, 1.807) is 11.8 Å². The van der Waals surface area contributed by atoms with Crippen molar-refractivity contribution in [3.8, 4) is 0 Å². The molecule has 1 aliphatic rings. The molecule has 0 spiro atoms. The maximum atomic E-state index is 12.6. The number of nitrogens with zero attached hydrogens (tertiary/aromatic N) is 3. The third-order valence-electron chi connectivity index (χ3n) is 2.52. The molecular weight excluding hydrogens is 287 g/mol. The van der Waals surface area contributed by atoms with Crippen molar-refractivity contribution < 1.29 is 13.2 Å². The second kappa shape index (κ2) is 5.52. The highest BCUT2D eigenvalue weighted by Crippen LogP contribution is 2.30. The largest absolute Gasteiger partial charge is 0.433 e. The van der Waals surface area contributed by atoms with Crippen molar-refractivity contribution in [1.29, 1.82) is 0 Å². The molecule has 1 aromatic rings. The zero-order valence-electron chi connectivity index (χ0n) is 9.37. The fraction of sp³-hybridized carbons (Fsp3) is 0.600. The van der Waals surface area contributed by atoms with Gasteiger partial charge >= 0.3 is 6.18 Å². The summed E-state index contributed by atoms with van der Waals surface area (Å²) in [5.41, 5.74) is -0.991. The molecule has 1 fully saturated rings. The van der Waals surface area contributed by atoms with Crippen LogP contribution in [-0.2, 0) is 6.18 Å². The van der Waals surface area contributed by atoms with Gasteiger partial charge in [0.15, 0.2) is 5.69 Å². The van der Waals surface area contributed by atoms with Crippen molar-refractivity contribution in [3.63, 3.8) is 0 Å². The summed E-state index contributed by atoms with van der Waals surface area (Å²) in [7, 11) is 0. The lowest BCUT2D eigenvalue weighted by atomic mass is 10.3. The Morgan fingerprint density at radius 1 is 1.22 bits per heavy atom. The molecule has 0 aromatic carbocycles. The van der Waals surface area contributed by atoms with Crippen LogP contribution in [-0.4, -0.2) is 34.6 Å². The van der Waals surface area contributed by atoms with Gasteiger partial charge in [0.2, 0.25) is 5.28 Å². The molecule has 3 nitrogen and oxygen atoms in total. The van der Waals surface area contributed by atoms with E-state index < -0.39 is 11.9 Å². The number of aromatic nitrogens is 2. The van der Waals surface area contributed by atoms with Gasteiger partial charge in [-0.25, -0.2) is 9.97 Å². The van der Waals surface area contributed by atoms with Gasteiger partial charge in [0, 0.05) is 24.9 Å². The molecule has 8 heteroatoms. The van der Waals surface area contributed by atoms with Crippen LogP contribution >= 0.6 is 23.4 Å². The number of halogens is 4. The molecule has 1 saturated heterocycles. The molecule has 2 rings (SSSR count). The molecular formula is C10H11ClF3N3S. The maximum absolute atomic E-state index is 12.6. The lowest BCUT2D eigenvalue weighted by Crippen LogP contribution is -2.27. The second-order valence-corrected chi connectivity index (χ2v) is 5.39. The van der Waals surface area contributed by atoms with E-state index in [0.717, 1.165) is 24.0 Å². The zero-order chi connectivity index (χ0) is 13.2. The van der Waals surface area contributed by atoms with Gasteiger partial charge in [-0.2, -0.15) is 24.9 Å². The number of rotatable bonds is 1. The fourth-order valence-electron chi connectivity index (χ4n) is 1.69. The minimum atomic E-state index is -4.50. The van der Waals surface area contributed by atoms with Crippen LogP contribution in [0.3, 0.4) is 0 Å². The van der Waals surface area contributed by atoms with Crippen molar-refractivity contribution >= 4 is 29.2 Å². The van der Waals surface area contributed by atoms with Gasteiger partial charge in [-0.15, -0.1) is 0 Å². The minimum Gasteiger partial charge on any atom is -0.356 e. The zero-order valence-corrected chi connectivity index (χ0v) is 10.9. The van der Waals surface area contributed by atoms with Crippen LogP contribution in [0.1, 0.15) is 12.1 Å². The number of anilines is 1. The highest BCUT2D eigenvalue weighted by atomic mass is 35.5. The Morgan fingerprint density at radius 3 is 2.72 bits per heavy atom. The number of thioether (sulfide) groups is 1. The van der Waals surface area contributed by atoms with Crippen LogP contribution in [0.4, 0.5) is 19.0 Å². The molecule has 0 N–H and O–H groups in total. The minimum absolute atomic E-state index is 0.254. The first-order valence-corrected chi connectivity index (χ1v) is 6.94. The summed E-state index contributed by atoms with van der Waals surface area (Å²) >= 11 is 7.35. The Morgan fingerprint density at radius 2 is 2.00 bits per heavy atom. The van der Waals surface area contributed by atoms with Crippen molar-refractivity contribution in [2.24, 2.45) is 0 Å². The van der Waals surface area contributed by atoms with E-state index >= 15 is 0 Å². The molecule has 0 aliphatic carbocycles. The molecule has 1 aliphatic heterocycles. The molecule has 0 amide bonds. The Bertz CT molecular complexity index is 419. The van der Waals surface area contributed by atoms with Crippen LogP contribution < -0.4 is 4.90 Å². The fourth-order valence-corrected chi connectivity index (χ4v) is 2.75. The van der Waals surface area contributed by atoms with E-state index in [9.17, 15) is 13.2 Å². The molecule has 0 bridgehead atoms. The Balaban J connectivity index is 2.29.